The van der Waals surface area contributed by atoms with Gasteiger partial charge in [0.05, 0.1) is 23.0 Å². The molecule has 15 heavy (non-hydrogen) atoms. The van der Waals surface area contributed by atoms with Crippen LogP contribution >= 0.6 is 11.6 Å². The Morgan fingerprint density at radius 2 is 2.40 bits per heavy atom. The summed E-state index contributed by atoms with van der Waals surface area (Å²) in [5.74, 6) is 0. The minimum absolute atomic E-state index is 0.274. The molecule has 84 valence electrons. The summed E-state index contributed by atoms with van der Waals surface area (Å²) in [6.07, 6.45) is 1.61. The molecule has 1 saturated heterocycles. The Balaban J connectivity index is 2.23. The van der Waals surface area contributed by atoms with Crippen LogP contribution in [0.2, 0.25) is 5.02 Å². The number of ether oxygens (including phenoxy) is 1. The molecule has 0 bridgehead atoms. The van der Waals surface area contributed by atoms with E-state index >= 15 is 0 Å². The van der Waals surface area contributed by atoms with Crippen LogP contribution in [0.25, 0.3) is 0 Å². The van der Waals surface area contributed by atoms with Crippen molar-refractivity contribution in [3.05, 3.63) is 16.4 Å². The van der Waals surface area contributed by atoms with Crippen molar-refractivity contribution in [1.82, 2.24) is 9.78 Å². The van der Waals surface area contributed by atoms with Crippen molar-refractivity contribution in [3.63, 3.8) is 0 Å². The van der Waals surface area contributed by atoms with E-state index in [1.807, 2.05) is 18.7 Å². The Bertz CT molecular complexity index is 369. The minimum atomic E-state index is -0.274. The quantitative estimate of drug-likeness (QED) is 0.825. The molecule has 1 unspecified atom stereocenters. The zero-order valence-corrected chi connectivity index (χ0v) is 9.84. The summed E-state index contributed by atoms with van der Waals surface area (Å²) in [5.41, 5.74) is 7.80. The second-order valence-corrected chi connectivity index (χ2v) is 4.69. The zero-order chi connectivity index (χ0) is 11.1. The van der Waals surface area contributed by atoms with E-state index in [1.165, 1.54) is 0 Å². The Labute approximate surface area is 94.3 Å². The van der Waals surface area contributed by atoms with Gasteiger partial charge in [-0.15, -0.1) is 0 Å². The van der Waals surface area contributed by atoms with Crippen molar-refractivity contribution in [3.8, 4) is 0 Å². The summed E-state index contributed by atoms with van der Waals surface area (Å²) in [6, 6.07) is 0. The average Bonchev–Trinajstić information content (AvgIpc) is 2.68. The average molecular weight is 230 g/mol. The maximum atomic E-state index is 6.21. The largest absolute Gasteiger partial charge is 0.379 e. The van der Waals surface area contributed by atoms with Crippen molar-refractivity contribution in [2.75, 3.05) is 13.2 Å². The molecule has 0 saturated carbocycles. The molecule has 1 aliphatic heterocycles. The fourth-order valence-corrected chi connectivity index (χ4v) is 2.19. The molecular formula is C10H16ClN3O. The van der Waals surface area contributed by atoms with Gasteiger partial charge in [-0.3, -0.25) is 4.68 Å². The molecule has 1 atom stereocenters. The smallest absolute Gasteiger partial charge is 0.0847 e. The van der Waals surface area contributed by atoms with Gasteiger partial charge in [-0.1, -0.05) is 11.6 Å². The second-order valence-electron chi connectivity index (χ2n) is 4.31. The van der Waals surface area contributed by atoms with Crippen LogP contribution in [0, 0.1) is 6.92 Å². The summed E-state index contributed by atoms with van der Waals surface area (Å²) in [5, 5.41) is 5.00. The number of aromatic nitrogens is 2. The molecule has 0 radical (unpaired) electrons. The lowest BCUT2D eigenvalue weighted by Crippen LogP contribution is -2.43. The Morgan fingerprint density at radius 1 is 1.67 bits per heavy atom. The lowest BCUT2D eigenvalue weighted by atomic mass is 9.94. The van der Waals surface area contributed by atoms with Gasteiger partial charge >= 0.3 is 0 Å². The van der Waals surface area contributed by atoms with Gasteiger partial charge < -0.3 is 10.5 Å². The lowest BCUT2D eigenvalue weighted by Gasteiger charge is -2.21. The number of aryl methyl sites for hydroxylation is 2. The third-order valence-electron chi connectivity index (χ3n) is 2.91. The molecule has 2 rings (SSSR count). The first kappa shape index (κ1) is 10.9. The van der Waals surface area contributed by atoms with E-state index in [1.54, 1.807) is 0 Å². The van der Waals surface area contributed by atoms with Crippen molar-refractivity contribution in [2.24, 2.45) is 12.8 Å². The number of nitrogens with zero attached hydrogens (tertiary/aromatic N) is 2. The zero-order valence-electron chi connectivity index (χ0n) is 9.09. The van der Waals surface area contributed by atoms with Gasteiger partial charge in [0.15, 0.2) is 0 Å². The van der Waals surface area contributed by atoms with Gasteiger partial charge in [-0.2, -0.15) is 5.10 Å². The monoisotopic (exact) mass is 229 g/mol. The number of rotatable bonds is 2. The normalized spacial score (nSPS) is 26.1. The standard InChI is InChI=1S/C10H16ClN3O/c1-7-9(11)8(14(2)13-7)5-10(12)3-4-15-6-10/h3-6,12H2,1-2H3. The van der Waals surface area contributed by atoms with Crippen molar-refractivity contribution in [2.45, 2.75) is 25.3 Å². The molecule has 0 aromatic carbocycles. The van der Waals surface area contributed by atoms with Crippen LogP contribution in [-0.4, -0.2) is 28.5 Å². The molecule has 5 heteroatoms. The van der Waals surface area contributed by atoms with Crippen LogP contribution in [0.4, 0.5) is 0 Å². The van der Waals surface area contributed by atoms with Gasteiger partial charge in [0.1, 0.15) is 0 Å². The Kier molecular flexibility index (Phi) is 2.75. The van der Waals surface area contributed by atoms with Gasteiger partial charge in [-0.25, -0.2) is 0 Å². The van der Waals surface area contributed by atoms with Crippen LogP contribution in [0.15, 0.2) is 0 Å². The van der Waals surface area contributed by atoms with E-state index in [2.05, 4.69) is 5.10 Å². The first-order valence-corrected chi connectivity index (χ1v) is 5.44. The van der Waals surface area contributed by atoms with Crippen LogP contribution in [0.5, 0.6) is 0 Å². The van der Waals surface area contributed by atoms with Crippen LogP contribution in [0.1, 0.15) is 17.8 Å². The molecule has 4 nitrogen and oxygen atoms in total. The minimum Gasteiger partial charge on any atom is -0.379 e. The fraction of sp³-hybridized carbons (Fsp3) is 0.700. The Morgan fingerprint density at radius 3 is 2.87 bits per heavy atom. The van der Waals surface area contributed by atoms with Crippen molar-refractivity contribution < 1.29 is 4.74 Å². The lowest BCUT2D eigenvalue weighted by molar-refractivity contribution is 0.177. The van der Waals surface area contributed by atoms with E-state index in [-0.39, 0.29) is 5.54 Å². The third-order valence-corrected chi connectivity index (χ3v) is 3.41. The maximum absolute atomic E-state index is 6.21. The topological polar surface area (TPSA) is 53.1 Å². The molecule has 0 amide bonds. The highest BCUT2D eigenvalue weighted by molar-refractivity contribution is 6.31. The maximum Gasteiger partial charge on any atom is 0.0847 e. The van der Waals surface area contributed by atoms with E-state index in [0.29, 0.717) is 6.61 Å². The van der Waals surface area contributed by atoms with Crippen LogP contribution in [-0.2, 0) is 18.2 Å². The molecule has 1 aliphatic rings. The molecule has 0 aliphatic carbocycles. The molecule has 0 spiro atoms. The molecule has 1 aromatic rings. The van der Waals surface area contributed by atoms with E-state index in [9.17, 15) is 0 Å². The number of hydrogen-bond acceptors (Lipinski definition) is 3. The van der Waals surface area contributed by atoms with Crippen LogP contribution < -0.4 is 5.73 Å². The Hall–Kier alpha value is -0.580. The van der Waals surface area contributed by atoms with E-state index < -0.39 is 0 Å². The van der Waals surface area contributed by atoms with Gasteiger partial charge in [0.2, 0.25) is 0 Å². The van der Waals surface area contributed by atoms with Crippen molar-refractivity contribution >= 4 is 11.6 Å². The van der Waals surface area contributed by atoms with Gasteiger partial charge in [0, 0.05) is 25.6 Å². The predicted molar refractivity (Wildman–Crippen MR) is 59.0 cm³/mol. The predicted octanol–water partition coefficient (Wildman–Crippen LogP) is 1.04. The SMILES string of the molecule is Cc1nn(C)c(CC2(N)CCOC2)c1Cl. The summed E-state index contributed by atoms with van der Waals surface area (Å²) < 4.78 is 7.13. The highest BCUT2D eigenvalue weighted by Crippen LogP contribution is 2.26. The second kappa shape index (κ2) is 3.77. The summed E-state index contributed by atoms with van der Waals surface area (Å²) in [4.78, 5) is 0. The van der Waals surface area contributed by atoms with Crippen molar-refractivity contribution in [1.29, 1.82) is 0 Å². The molecule has 2 N–H and O–H groups in total. The van der Waals surface area contributed by atoms with Gasteiger partial charge in [0.25, 0.3) is 0 Å². The number of nitrogens with two attached hydrogens (primary N) is 1. The molecular weight excluding hydrogens is 214 g/mol. The van der Waals surface area contributed by atoms with E-state index in [0.717, 1.165) is 35.9 Å². The fourth-order valence-electron chi connectivity index (χ4n) is 1.97. The van der Waals surface area contributed by atoms with Gasteiger partial charge in [-0.05, 0) is 13.3 Å². The molecule has 1 fully saturated rings. The summed E-state index contributed by atoms with van der Waals surface area (Å²) in [6.45, 7) is 3.25. The number of hydrogen-bond donors (Lipinski definition) is 1. The summed E-state index contributed by atoms with van der Waals surface area (Å²) >= 11 is 6.17. The first-order valence-electron chi connectivity index (χ1n) is 5.06. The van der Waals surface area contributed by atoms with Crippen LogP contribution in [0.3, 0.4) is 0 Å². The summed E-state index contributed by atoms with van der Waals surface area (Å²) in [7, 11) is 1.90. The highest BCUT2D eigenvalue weighted by Gasteiger charge is 2.32. The molecule has 2 heterocycles. The molecule has 1 aromatic heterocycles. The highest BCUT2D eigenvalue weighted by atomic mass is 35.5. The number of halogens is 1. The first-order chi connectivity index (χ1) is 7.02. The third kappa shape index (κ3) is 2.02. The van der Waals surface area contributed by atoms with E-state index in [4.69, 9.17) is 22.1 Å².